The number of likely N-dealkylation sites (tertiary alicyclic amines) is 1. The maximum absolute atomic E-state index is 11.7. The van der Waals surface area contributed by atoms with Crippen molar-refractivity contribution in [2.75, 3.05) is 33.3 Å². The molecule has 1 aliphatic carbocycles. The second kappa shape index (κ2) is 6.23. The van der Waals surface area contributed by atoms with Gasteiger partial charge in [-0.25, -0.2) is 0 Å². The zero-order valence-corrected chi connectivity index (χ0v) is 12.6. The first-order valence-electron chi connectivity index (χ1n) is 7.55. The Kier molecular flexibility index (Phi) is 4.85. The molecule has 1 saturated heterocycles. The molecular weight excluding hydrogens is 240 g/mol. The first-order valence-corrected chi connectivity index (χ1v) is 7.55. The second-order valence-corrected chi connectivity index (χ2v) is 6.78. The summed E-state index contributed by atoms with van der Waals surface area (Å²) in [4.78, 5) is 14.1. The molecule has 1 aliphatic heterocycles. The third-order valence-electron chi connectivity index (χ3n) is 4.34. The number of hydrogen-bond acceptors (Lipinski definition) is 4. The summed E-state index contributed by atoms with van der Waals surface area (Å²) >= 11 is 0. The summed E-state index contributed by atoms with van der Waals surface area (Å²) in [6.07, 6.45) is 5.23. The van der Waals surface area contributed by atoms with Crippen molar-refractivity contribution in [1.29, 1.82) is 0 Å². The summed E-state index contributed by atoms with van der Waals surface area (Å²) in [6.45, 7) is 8.12. The van der Waals surface area contributed by atoms with Crippen molar-refractivity contribution >= 4 is 5.97 Å². The molecule has 4 nitrogen and oxygen atoms in total. The van der Waals surface area contributed by atoms with Crippen molar-refractivity contribution in [2.45, 2.75) is 45.6 Å². The lowest BCUT2D eigenvalue weighted by molar-refractivity contribution is -0.152. The van der Waals surface area contributed by atoms with E-state index in [4.69, 9.17) is 4.74 Å². The van der Waals surface area contributed by atoms with Crippen LogP contribution in [0.1, 0.15) is 39.5 Å². The number of esters is 1. The van der Waals surface area contributed by atoms with Crippen LogP contribution in [0.4, 0.5) is 0 Å². The van der Waals surface area contributed by atoms with Gasteiger partial charge in [0.15, 0.2) is 0 Å². The minimum atomic E-state index is -0.400. The van der Waals surface area contributed by atoms with Gasteiger partial charge in [-0.1, -0.05) is 0 Å². The molecule has 2 rings (SSSR count). The Morgan fingerprint density at radius 3 is 2.42 bits per heavy atom. The van der Waals surface area contributed by atoms with E-state index in [0.29, 0.717) is 6.04 Å². The van der Waals surface area contributed by atoms with Gasteiger partial charge >= 0.3 is 5.97 Å². The van der Waals surface area contributed by atoms with E-state index in [1.165, 1.54) is 39.3 Å². The van der Waals surface area contributed by atoms with Gasteiger partial charge in [0.25, 0.3) is 0 Å². The molecule has 1 N–H and O–H groups in total. The number of methoxy groups -OCH3 is 1. The molecule has 1 saturated carbocycles. The van der Waals surface area contributed by atoms with Gasteiger partial charge in [0.1, 0.15) is 0 Å². The summed E-state index contributed by atoms with van der Waals surface area (Å²) in [5.41, 5.74) is -0.400. The lowest BCUT2D eigenvalue weighted by atomic mass is 9.91. The molecular formula is C15H28N2O2. The van der Waals surface area contributed by atoms with Gasteiger partial charge in [-0.05, 0) is 65.1 Å². The van der Waals surface area contributed by atoms with Crippen molar-refractivity contribution in [1.82, 2.24) is 10.2 Å². The summed E-state index contributed by atoms with van der Waals surface area (Å²) < 4.78 is 4.87. The molecule has 2 fully saturated rings. The molecule has 0 bridgehead atoms. The number of piperidine rings is 1. The van der Waals surface area contributed by atoms with E-state index in [0.717, 1.165) is 25.6 Å². The fourth-order valence-corrected chi connectivity index (χ4v) is 2.85. The van der Waals surface area contributed by atoms with Crippen LogP contribution < -0.4 is 5.32 Å². The lowest BCUT2D eigenvalue weighted by Crippen LogP contribution is -2.47. The zero-order valence-electron chi connectivity index (χ0n) is 12.6. The quantitative estimate of drug-likeness (QED) is 0.744. The standard InChI is InChI=1S/C15H28N2O2/c1-15(2,14(18)19-3)11-17-8-6-13(7-9-17)16-10-12-4-5-12/h12-13,16H,4-11H2,1-3H3. The van der Waals surface area contributed by atoms with Gasteiger partial charge in [0, 0.05) is 12.6 Å². The number of carbonyl (C=O) groups excluding carboxylic acids is 1. The predicted octanol–water partition coefficient (Wildman–Crippen LogP) is 1.65. The van der Waals surface area contributed by atoms with Crippen molar-refractivity contribution in [3.05, 3.63) is 0 Å². The highest BCUT2D eigenvalue weighted by Crippen LogP contribution is 2.28. The van der Waals surface area contributed by atoms with Crippen LogP contribution in [0.2, 0.25) is 0 Å². The molecule has 0 radical (unpaired) electrons. The number of hydrogen-bond donors (Lipinski definition) is 1. The first kappa shape index (κ1) is 14.8. The van der Waals surface area contributed by atoms with Crippen molar-refractivity contribution in [3.63, 3.8) is 0 Å². The van der Waals surface area contributed by atoms with Crippen LogP contribution in [-0.2, 0) is 9.53 Å². The molecule has 0 atom stereocenters. The van der Waals surface area contributed by atoms with Crippen LogP contribution in [0.25, 0.3) is 0 Å². The predicted molar refractivity (Wildman–Crippen MR) is 76.0 cm³/mol. The fraction of sp³-hybridized carbons (Fsp3) is 0.933. The average Bonchev–Trinajstić information content (AvgIpc) is 3.20. The third kappa shape index (κ3) is 4.46. The van der Waals surface area contributed by atoms with Gasteiger partial charge in [-0.3, -0.25) is 4.79 Å². The minimum Gasteiger partial charge on any atom is -0.469 e. The minimum absolute atomic E-state index is 0.110. The molecule has 0 amide bonds. The fourth-order valence-electron chi connectivity index (χ4n) is 2.85. The van der Waals surface area contributed by atoms with Crippen molar-refractivity contribution < 1.29 is 9.53 Å². The van der Waals surface area contributed by atoms with Crippen LogP contribution in [-0.4, -0.2) is 50.2 Å². The molecule has 4 heteroatoms. The molecule has 110 valence electrons. The van der Waals surface area contributed by atoms with E-state index in [2.05, 4.69) is 10.2 Å². The molecule has 2 aliphatic rings. The van der Waals surface area contributed by atoms with Gasteiger partial charge in [-0.2, -0.15) is 0 Å². The summed E-state index contributed by atoms with van der Waals surface area (Å²) in [5.74, 6) is 0.845. The topological polar surface area (TPSA) is 41.6 Å². The van der Waals surface area contributed by atoms with Gasteiger partial charge < -0.3 is 15.0 Å². The Morgan fingerprint density at radius 2 is 1.89 bits per heavy atom. The Bertz CT molecular complexity index is 305. The molecule has 0 aromatic rings. The van der Waals surface area contributed by atoms with Crippen LogP contribution in [0.5, 0.6) is 0 Å². The number of nitrogens with one attached hydrogen (secondary N) is 1. The number of carbonyl (C=O) groups is 1. The highest BCUT2D eigenvalue weighted by molar-refractivity contribution is 5.76. The van der Waals surface area contributed by atoms with Gasteiger partial charge in [0.2, 0.25) is 0 Å². The van der Waals surface area contributed by atoms with Crippen LogP contribution >= 0.6 is 0 Å². The Labute approximate surface area is 116 Å². The summed E-state index contributed by atoms with van der Waals surface area (Å²) in [6, 6.07) is 0.679. The Morgan fingerprint density at radius 1 is 1.26 bits per heavy atom. The number of rotatable bonds is 6. The van der Waals surface area contributed by atoms with E-state index in [1.54, 1.807) is 0 Å². The van der Waals surface area contributed by atoms with Crippen LogP contribution in [0.3, 0.4) is 0 Å². The maximum Gasteiger partial charge on any atom is 0.312 e. The average molecular weight is 268 g/mol. The van der Waals surface area contributed by atoms with Crippen LogP contribution in [0.15, 0.2) is 0 Å². The highest BCUT2D eigenvalue weighted by Gasteiger charge is 2.32. The molecule has 19 heavy (non-hydrogen) atoms. The van der Waals surface area contributed by atoms with Crippen molar-refractivity contribution in [2.24, 2.45) is 11.3 Å². The Balaban J connectivity index is 1.68. The maximum atomic E-state index is 11.7. The van der Waals surface area contributed by atoms with E-state index < -0.39 is 5.41 Å². The largest absolute Gasteiger partial charge is 0.469 e. The molecule has 0 aromatic heterocycles. The van der Waals surface area contributed by atoms with Crippen LogP contribution in [0, 0.1) is 11.3 Å². The summed E-state index contributed by atoms with van der Waals surface area (Å²) in [5, 5.41) is 3.68. The monoisotopic (exact) mass is 268 g/mol. The molecule has 1 heterocycles. The van der Waals surface area contributed by atoms with E-state index in [1.807, 2.05) is 13.8 Å². The SMILES string of the molecule is COC(=O)C(C)(C)CN1CCC(NCC2CC2)CC1. The number of ether oxygens (including phenoxy) is 1. The smallest absolute Gasteiger partial charge is 0.312 e. The first-order chi connectivity index (χ1) is 9.01. The summed E-state index contributed by atoms with van der Waals surface area (Å²) in [7, 11) is 1.47. The third-order valence-corrected chi connectivity index (χ3v) is 4.34. The lowest BCUT2D eigenvalue weighted by Gasteiger charge is -2.36. The zero-order chi connectivity index (χ0) is 13.9. The highest BCUT2D eigenvalue weighted by atomic mass is 16.5. The molecule has 0 spiro atoms. The number of nitrogens with zero attached hydrogens (tertiary/aromatic N) is 1. The van der Waals surface area contributed by atoms with Crippen molar-refractivity contribution in [3.8, 4) is 0 Å². The molecule has 0 unspecified atom stereocenters. The normalized spacial score (nSPS) is 22.5. The molecule has 0 aromatic carbocycles. The second-order valence-electron chi connectivity index (χ2n) is 6.78. The van der Waals surface area contributed by atoms with Gasteiger partial charge in [0.05, 0.1) is 12.5 Å². The Hall–Kier alpha value is -0.610. The van der Waals surface area contributed by atoms with E-state index in [9.17, 15) is 4.79 Å². The van der Waals surface area contributed by atoms with E-state index in [-0.39, 0.29) is 5.97 Å². The van der Waals surface area contributed by atoms with E-state index >= 15 is 0 Å². The van der Waals surface area contributed by atoms with Gasteiger partial charge in [-0.15, -0.1) is 0 Å².